The first-order chi connectivity index (χ1) is 11.1. The number of rotatable bonds is 4. The van der Waals surface area contributed by atoms with E-state index in [0.717, 1.165) is 37.7 Å². The van der Waals surface area contributed by atoms with Crippen LogP contribution in [0.2, 0.25) is 0 Å². The quantitative estimate of drug-likeness (QED) is 0.929. The van der Waals surface area contributed by atoms with Gasteiger partial charge in [-0.15, -0.1) is 0 Å². The van der Waals surface area contributed by atoms with E-state index in [9.17, 15) is 12.8 Å². The molecule has 23 heavy (non-hydrogen) atoms. The maximum absolute atomic E-state index is 13.8. The highest BCUT2D eigenvalue weighted by molar-refractivity contribution is 7.92. The van der Waals surface area contributed by atoms with E-state index in [2.05, 4.69) is 9.62 Å². The number of halogens is 1. The van der Waals surface area contributed by atoms with Gasteiger partial charge in [-0.1, -0.05) is 24.3 Å². The van der Waals surface area contributed by atoms with Gasteiger partial charge in [-0.05, 0) is 43.5 Å². The van der Waals surface area contributed by atoms with Gasteiger partial charge >= 0.3 is 0 Å². The van der Waals surface area contributed by atoms with E-state index < -0.39 is 15.8 Å². The molecule has 0 aromatic heterocycles. The summed E-state index contributed by atoms with van der Waals surface area (Å²) in [6.07, 6.45) is 3.38. The first-order valence-corrected chi connectivity index (χ1v) is 9.17. The van der Waals surface area contributed by atoms with E-state index in [1.165, 1.54) is 24.6 Å². The predicted molar refractivity (Wildman–Crippen MR) is 89.7 cm³/mol. The number of piperidine rings is 1. The monoisotopic (exact) mass is 334 g/mol. The van der Waals surface area contributed by atoms with Gasteiger partial charge in [0.15, 0.2) is 0 Å². The third-order valence-corrected chi connectivity index (χ3v) is 5.37. The first-order valence-electron chi connectivity index (χ1n) is 7.69. The molecule has 0 spiro atoms. The van der Waals surface area contributed by atoms with E-state index in [0.29, 0.717) is 5.69 Å². The molecule has 0 radical (unpaired) electrons. The molecule has 2 aromatic carbocycles. The molecule has 0 aliphatic carbocycles. The van der Waals surface area contributed by atoms with E-state index in [1.807, 2.05) is 12.1 Å². The number of hydrogen-bond donors (Lipinski definition) is 1. The Kier molecular flexibility index (Phi) is 4.52. The maximum Gasteiger partial charge on any atom is 0.264 e. The SMILES string of the molecule is O=S(=O)(Nc1ccccc1N1CCCCC1)c1ccccc1F. The fourth-order valence-electron chi connectivity index (χ4n) is 2.83. The molecule has 2 aromatic rings. The molecule has 6 heteroatoms. The van der Waals surface area contributed by atoms with Crippen molar-refractivity contribution in [3.05, 3.63) is 54.3 Å². The minimum absolute atomic E-state index is 0.339. The Morgan fingerprint density at radius 2 is 1.57 bits per heavy atom. The van der Waals surface area contributed by atoms with Crippen LogP contribution in [-0.4, -0.2) is 21.5 Å². The summed E-state index contributed by atoms with van der Waals surface area (Å²) in [5, 5.41) is 0. The summed E-state index contributed by atoms with van der Waals surface area (Å²) in [7, 11) is -3.96. The Hall–Kier alpha value is -2.08. The molecule has 0 bridgehead atoms. The summed E-state index contributed by atoms with van der Waals surface area (Å²) in [6.45, 7) is 1.80. The largest absolute Gasteiger partial charge is 0.370 e. The Balaban J connectivity index is 1.92. The van der Waals surface area contributed by atoms with Gasteiger partial charge in [-0.2, -0.15) is 0 Å². The summed E-state index contributed by atoms with van der Waals surface area (Å²) in [5.41, 5.74) is 1.32. The highest BCUT2D eigenvalue weighted by Gasteiger charge is 2.21. The molecule has 3 rings (SSSR count). The van der Waals surface area contributed by atoms with Crippen LogP contribution in [0.25, 0.3) is 0 Å². The van der Waals surface area contributed by atoms with Crippen molar-refractivity contribution in [1.29, 1.82) is 0 Å². The van der Waals surface area contributed by atoms with Crippen LogP contribution in [0.1, 0.15) is 19.3 Å². The van der Waals surface area contributed by atoms with Gasteiger partial charge in [0.25, 0.3) is 10.0 Å². The molecule has 0 unspecified atom stereocenters. The van der Waals surface area contributed by atoms with Crippen LogP contribution in [0.4, 0.5) is 15.8 Å². The molecule has 122 valence electrons. The van der Waals surface area contributed by atoms with Crippen LogP contribution in [0.15, 0.2) is 53.4 Å². The van der Waals surface area contributed by atoms with E-state index in [-0.39, 0.29) is 4.90 Å². The van der Waals surface area contributed by atoms with Crippen molar-refractivity contribution < 1.29 is 12.8 Å². The van der Waals surface area contributed by atoms with E-state index >= 15 is 0 Å². The van der Waals surface area contributed by atoms with Crippen molar-refractivity contribution in [3.8, 4) is 0 Å². The fraction of sp³-hybridized carbons (Fsp3) is 0.294. The van der Waals surface area contributed by atoms with Gasteiger partial charge < -0.3 is 4.90 Å². The van der Waals surface area contributed by atoms with Crippen molar-refractivity contribution in [3.63, 3.8) is 0 Å². The highest BCUT2D eigenvalue weighted by atomic mass is 32.2. The molecule has 4 nitrogen and oxygen atoms in total. The maximum atomic E-state index is 13.8. The van der Waals surface area contributed by atoms with Gasteiger partial charge in [0, 0.05) is 13.1 Å². The van der Waals surface area contributed by atoms with Gasteiger partial charge in [-0.25, -0.2) is 12.8 Å². The lowest BCUT2D eigenvalue weighted by Gasteiger charge is -2.30. The molecule has 1 saturated heterocycles. The minimum atomic E-state index is -3.96. The molecule has 1 aliphatic heterocycles. The number of hydrogen-bond acceptors (Lipinski definition) is 3. The Morgan fingerprint density at radius 3 is 2.30 bits per heavy atom. The molecule has 1 fully saturated rings. The summed E-state index contributed by atoms with van der Waals surface area (Å²) in [5.74, 6) is -0.754. The number of nitrogens with one attached hydrogen (secondary N) is 1. The molecule has 1 heterocycles. The molecule has 0 saturated carbocycles. The summed E-state index contributed by atoms with van der Waals surface area (Å²) >= 11 is 0. The van der Waals surface area contributed by atoms with Crippen molar-refractivity contribution in [2.24, 2.45) is 0 Å². The highest BCUT2D eigenvalue weighted by Crippen LogP contribution is 2.30. The third-order valence-electron chi connectivity index (χ3n) is 3.97. The minimum Gasteiger partial charge on any atom is -0.370 e. The van der Waals surface area contributed by atoms with Crippen LogP contribution in [0, 0.1) is 5.82 Å². The van der Waals surface area contributed by atoms with Crippen molar-refractivity contribution in [1.82, 2.24) is 0 Å². The fourth-order valence-corrected chi connectivity index (χ4v) is 3.99. The zero-order chi connectivity index (χ0) is 16.3. The smallest absolute Gasteiger partial charge is 0.264 e. The second-order valence-corrected chi connectivity index (χ2v) is 7.25. The van der Waals surface area contributed by atoms with Crippen LogP contribution in [0.5, 0.6) is 0 Å². The first kappa shape index (κ1) is 15.8. The van der Waals surface area contributed by atoms with Gasteiger partial charge in [0.1, 0.15) is 10.7 Å². The second kappa shape index (κ2) is 6.58. The lowest BCUT2D eigenvalue weighted by atomic mass is 10.1. The number of nitrogens with zero attached hydrogens (tertiary/aromatic N) is 1. The molecule has 0 amide bonds. The van der Waals surface area contributed by atoms with Crippen LogP contribution in [0.3, 0.4) is 0 Å². The molecule has 0 atom stereocenters. The number of sulfonamides is 1. The average Bonchev–Trinajstić information content (AvgIpc) is 2.56. The molecule has 1 aliphatic rings. The lowest BCUT2D eigenvalue weighted by molar-refractivity contribution is 0.570. The van der Waals surface area contributed by atoms with Gasteiger partial charge in [-0.3, -0.25) is 4.72 Å². The topological polar surface area (TPSA) is 49.4 Å². The number of para-hydroxylation sites is 2. The zero-order valence-corrected chi connectivity index (χ0v) is 13.5. The molecular formula is C17H19FN2O2S. The van der Waals surface area contributed by atoms with Crippen molar-refractivity contribution in [2.75, 3.05) is 22.7 Å². The normalized spacial score (nSPS) is 15.4. The van der Waals surface area contributed by atoms with Crippen LogP contribution >= 0.6 is 0 Å². The zero-order valence-electron chi connectivity index (χ0n) is 12.7. The van der Waals surface area contributed by atoms with Gasteiger partial charge in [0.2, 0.25) is 0 Å². The summed E-state index contributed by atoms with van der Waals surface area (Å²) in [6, 6.07) is 12.6. The predicted octanol–water partition coefficient (Wildman–Crippen LogP) is 3.62. The van der Waals surface area contributed by atoms with Crippen LogP contribution in [-0.2, 0) is 10.0 Å². The Bertz CT molecular complexity index is 787. The van der Waals surface area contributed by atoms with Crippen LogP contribution < -0.4 is 9.62 Å². The Morgan fingerprint density at radius 1 is 0.913 bits per heavy atom. The number of anilines is 2. The summed E-state index contributed by atoms with van der Waals surface area (Å²) in [4.78, 5) is 1.83. The van der Waals surface area contributed by atoms with E-state index in [4.69, 9.17) is 0 Å². The average molecular weight is 334 g/mol. The molecule has 1 N–H and O–H groups in total. The second-order valence-electron chi connectivity index (χ2n) is 5.60. The van der Waals surface area contributed by atoms with Gasteiger partial charge in [0.05, 0.1) is 11.4 Å². The molecular weight excluding hydrogens is 315 g/mol. The third kappa shape index (κ3) is 3.47. The number of benzene rings is 2. The lowest BCUT2D eigenvalue weighted by Crippen LogP contribution is -2.30. The Labute approximate surface area is 136 Å². The van der Waals surface area contributed by atoms with E-state index in [1.54, 1.807) is 12.1 Å². The standard InChI is InChI=1S/C17H19FN2O2S/c18-14-8-2-5-11-17(14)23(21,22)19-15-9-3-4-10-16(15)20-12-6-1-7-13-20/h2-5,8-11,19H,1,6-7,12-13H2. The van der Waals surface area contributed by atoms with Crippen molar-refractivity contribution >= 4 is 21.4 Å². The van der Waals surface area contributed by atoms with Crippen molar-refractivity contribution in [2.45, 2.75) is 24.2 Å². The summed E-state index contributed by atoms with van der Waals surface area (Å²) < 4.78 is 41.3.